The Bertz CT molecular complexity index is 465. The summed E-state index contributed by atoms with van der Waals surface area (Å²) in [7, 11) is 0. The van der Waals surface area contributed by atoms with Crippen molar-refractivity contribution in [3.63, 3.8) is 0 Å². The Hall–Kier alpha value is -1.50. The van der Waals surface area contributed by atoms with Gasteiger partial charge in [0.1, 0.15) is 11.7 Å². The third kappa shape index (κ3) is 4.27. The zero-order valence-corrected chi connectivity index (χ0v) is 12.6. The molecule has 0 fully saturated rings. The molecule has 0 spiro atoms. The summed E-state index contributed by atoms with van der Waals surface area (Å²) in [6.45, 7) is 9.15. The monoisotopic (exact) mass is 285 g/mol. The molecule has 1 aromatic heterocycles. The average Bonchev–Trinajstić information content (AvgIpc) is 2.61. The van der Waals surface area contributed by atoms with Crippen molar-refractivity contribution in [2.24, 2.45) is 11.3 Å². The van der Waals surface area contributed by atoms with Crippen LogP contribution in [0.15, 0.2) is 0 Å². The van der Waals surface area contributed by atoms with Crippen LogP contribution in [0.3, 0.4) is 0 Å². The van der Waals surface area contributed by atoms with E-state index in [0.29, 0.717) is 11.0 Å². The van der Waals surface area contributed by atoms with Crippen molar-refractivity contribution in [1.82, 2.24) is 9.36 Å². The lowest BCUT2D eigenvalue weighted by Gasteiger charge is -2.27. The lowest BCUT2D eigenvalue weighted by molar-refractivity contribution is -0.155. The molecule has 0 aromatic carbocycles. The quantitative estimate of drug-likeness (QED) is 0.676. The predicted molar refractivity (Wildman–Crippen MR) is 72.9 cm³/mol. The fraction of sp³-hybridized carbons (Fsp3) is 0.667. The molecule has 1 N–H and O–H groups in total. The maximum Gasteiger partial charge on any atom is 0.319 e. The number of hydrogen-bond acceptors (Lipinski definition) is 6. The van der Waals surface area contributed by atoms with E-state index in [0.717, 1.165) is 11.5 Å². The van der Waals surface area contributed by atoms with E-state index in [-0.39, 0.29) is 6.61 Å². The van der Waals surface area contributed by atoms with E-state index in [1.54, 1.807) is 13.8 Å². The zero-order chi connectivity index (χ0) is 14.6. The van der Waals surface area contributed by atoms with Crippen LogP contribution in [0, 0.1) is 18.3 Å². The summed E-state index contributed by atoms with van der Waals surface area (Å²) in [5, 5.41) is 3.00. The molecule has 0 bridgehead atoms. The molecule has 0 radical (unpaired) electrons. The predicted octanol–water partition coefficient (Wildman–Crippen LogP) is 2.01. The number of carbonyl (C=O) groups excluding carboxylic acids is 2. The summed E-state index contributed by atoms with van der Waals surface area (Å²) < 4.78 is 8.93. The van der Waals surface area contributed by atoms with E-state index >= 15 is 0 Å². The first-order chi connectivity index (χ1) is 8.75. The summed E-state index contributed by atoms with van der Waals surface area (Å²) in [6.07, 6.45) is 0. The van der Waals surface area contributed by atoms with Crippen LogP contribution in [0.1, 0.15) is 33.5 Å². The fourth-order valence-corrected chi connectivity index (χ4v) is 2.18. The third-order valence-electron chi connectivity index (χ3n) is 2.41. The molecular formula is C12H19N3O3S. The van der Waals surface area contributed by atoms with Crippen molar-refractivity contribution in [2.75, 3.05) is 11.9 Å². The minimum absolute atomic E-state index is 0.247. The van der Waals surface area contributed by atoms with Crippen LogP contribution in [-0.4, -0.2) is 27.8 Å². The van der Waals surface area contributed by atoms with Crippen molar-refractivity contribution in [2.45, 2.75) is 34.6 Å². The van der Waals surface area contributed by atoms with E-state index < -0.39 is 23.2 Å². The number of nitrogens with one attached hydrogen (secondary N) is 1. The van der Waals surface area contributed by atoms with Crippen LogP contribution < -0.4 is 5.32 Å². The molecule has 0 saturated carbocycles. The van der Waals surface area contributed by atoms with Gasteiger partial charge in [0.05, 0.1) is 6.61 Å². The molecule has 0 aliphatic rings. The second-order valence-electron chi connectivity index (χ2n) is 5.19. The summed E-state index contributed by atoms with van der Waals surface area (Å²) in [5.41, 5.74) is -0.532. The second kappa shape index (κ2) is 6.10. The van der Waals surface area contributed by atoms with Gasteiger partial charge < -0.3 is 4.74 Å². The maximum absolute atomic E-state index is 12.2. The highest BCUT2D eigenvalue weighted by Gasteiger charge is 2.39. The topological polar surface area (TPSA) is 81.2 Å². The highest BCUT2D eigenvalue weighted by molar-refractivity contribution is 7.09. The molecular weight excluding hydrogens is 266 g/mol. The molecule has 1 aromatic rings. The van der Waals surface area contributed by atoms with E-state index in [9.17, 15) is 9.59 Å². The molecule has 1 unspecified atom stereocenters. The van der Waals surface area contributed by atoms with Crippen LogP contribution in [0.4, 0.5) is 5.13 Å². The Morgan fingerprint density at radius 1 is 1.42 bits per heavy atom. The van der Waals surface area contributed by atoms with Gasteiger partial charge in [0.15, 0.2) is 0 Å². The minimum Gasteiger partial charge on any atom is -0.465 e. The van der Waals surface area contributed by atoms with Gasteiger partial charge in [-0.3, -0.25) is 14.9 Å². The SMILES string of the molecule is CCOC(=O)C(C(=O)Nc1nc(C)ns1)C(C)(C)C. The van der Waals surface area contributed by atoms with Crippen LogP contribution in [0.5, 0.6) is 0 Å². The van der Waals surface area contributed by atoms with Gasteiger partial charge in [-0.1, -0.05) is 20.8 Å². The number of carbonyl (C=O) groups is 2. The molecule has 7 heteroatoms. The van der Waals surface area contributed by atoms with Crippen LogP contribution in [-0.2, 0) is 14.3 Å². The van der Waals surface area contributed by atoms with E-state index in [4.69, 9.17) is 4.74 Å². The molecule has 6 nitrogen and oxygen atoms in total. The van der Waals surface area contributed by atoms with E-state index in [2.05, 4.69) is 14.7 Å². The molecule has 0 aliphatic carbocycles. The summed E-state index contributed by atoms with van der Waals surface area (Å²) >= 11 is 1.09. The molecule has 1 heterocycles. The molecule has 0 aliphatic heterocycles. The van der Waals surface area contributed by atoms with Crippen molar-refractivity contribution in [1.29, 1.82) is 0 Å². The summed E-state index contributed by atoms with van der Waals surface area (Å²) in [6, 6.07) is 0. The number of ether oxygens (including phenoxy) is 1. The molecule has 1 amide bonds. The molecule has 19 heavy (non-hydrogen) atoms. The van der Waals surface area contributed by atoms with Gasteiger partial charge in [0.2, 0.25) is 11.0 Å². The number of hydrogen-bond donors (Lipinski definition) is 1. The number of aryl methyl sites for hydroxylation is 1. The zero-order valence-electron chi connectivity index (χ0n) is 11.8. The number of aromatic nitrogens is 2. The Morgan fingerprint density at radius 2 is 2.05 bits per heavy atom. The molecule has 106 valence electrons. The highest BCUT2D eigenvalue weighted by Crippen LogP contribution is 2.28. The Labute approximate surface area is 116 Å². The summed E-state index contributed by atoms with van der Waals surface area (Å²) in [5.74, 6) is -1.23. The van der Waals surface area contributed by atoms with Gasteiger partial charge in [-0.05, 0) is 19.3 Å². The van der Waals surface area contributed by atoms with Gasteiger partial charge in [-0.15, -0.1) is 0 Å². The van der Waals surface area contributed by atoms with Crippen molar-refractivity contribution < 1.29 is 14.3 Å². The van der Waals surface area contributed by atoms with Gasteiger partial charge >= 0.3 is 5.97 Å². The first-order valence-corrected chi connectivity index (χ1v) is 6.81. The van der Waals surface area contributed by atoms with Crippen LogP contribution in [0.25, 0.3) is 0 Å². The number of anilines is 1. The number of amides is 1. The maximum atomic E-state index is 12.2. The van der Waals surface area contributed by atoms with Gasteiger partial charge in [0, 0.05) is 11.5 Å². The molecule has 1 rings (SSSR count). The highest BCUT2D eigenvalue weighted by atomic mass is 32.1. The van der Waals surface area contributed by atoms with Crippen molar-refractivity contribution in [3.05, 3.63) is 5.82 Å². The van der Waals surface area contributed by atoms with E-state index in [1.807, 2.05) is 20.8 Å². The first kappa shape index (κ1) is 15.6. The largest absolute Gasteiger partial charge is 0.465 e. The second-order valence-corrected chi connectivity index (χ2v) is 5.94. The molecule has 0 saturated heterocycles. The molecule has 1 atom stereocenters. The lowest BCUT2D eigenvalue weighted by Crippen LogP contribution is -2.40. The van der Waals surface area contributed by atoms with Crippen LogP contribution >= 0.6 is 11.5 Å². The van der Waals surface area contributed by atoms with Gasteiger partial charge in [-0.25, -0.2) is 4.98 Å². The average molecular weight is 285 g/mol. The van der Waals surface area contributed by atoms with Gasteiger partial charge in [-0.2, -0.15) is 4.37 Å². The van der Waals surface area contributed by atoms with Gasteiger partial charge in [0.25, 0.3) is 0 Å². The van der Waals surface area contributed by atoms with Crippen molar-refractivity contribution in [3.8, 4) is 0 Å². The van der Waals surface area contributed by atoms with Crippen LogP contribution in [0.2, 0.25) is 0 Å². The fourth-order valence-electron chi connectivity index (χ4n) is 1.60. The number of nitrogens with zero attached hydrogens (tertiary/aromatic N) is 2. The smallest absolute Gasteiger partial charge is 0.319 e. The summed E-state index contributed by atoms with van der Waals surface area (Å²) in [4.78, 5) is 28.2. The Kier molecular flexibility index (Phi) is 4.99. The standard InChI is InChI=1S/C12H19N3O3S/c1-6-18-10(17)8(12(3,4)5)9(16)14-11-13-7(2)15-19-11/h8H,6H2,1-5H3,(H,13,14,15,16). The normalized spacial score (nSPS) is 12.9. The van der Waals surface area contributed by atoms with E-state index in [1.165, 1.54) is 0 Å². The van der Waals surface area contributed by atoms with Crippen molar-refractivity contribution >= 4 is 28.5 Å². The third-order valence-corrected chi connectivity index (χ3v) is 3.13. The number of rotatable bonds is 4. The lowest BCUT2D eigenvalue weighted by atomic mass is 9.80. The number of esters is 1. The Morgan fingerprint density at radius 3 is 2.47 bits per heavy atom. The Balaban J connectivity index is 2.86. The first-order valence-electron chi connectivity index (χ1n) is 6.03. The minimum atomic E-state index is -0.878.